The first-order valence-corrected chi connectivity index (χ1v) is 5.11. The smallest absolute Gasteiger partial charge is 0.0582 e. The fraction of sp³-hybridized carbons (Fsp3) is 0.400. The fourth-order valence-electron chi connectivity index (χ4n) is 1.05. The van der Waals surface area contributed by atoms with Gasteiger partial charge in [0.05, 0.1) is 6.61 Å². The van der Waals surface area contributed by atoms with Crippen LogP contribution in [0.3, 0.4) is 0 Å². The molecule has 1 atom stereocenters. The van der Waals surface area contributed by atoms with Crippen LogP contribution in [0.2, 0.25) is 0 Å². The van der Waals surface area contributed by atoms with Gasteiger partial charge in [0.25, 0.3) is 0 Å². The van der Waals surface area contributed by atoms with Crippen LogP contribution in [-0.2, 0) is 4.74 Å². The largest absolute Gasteiger partial charge is 0.399 e. The molecule has 0 bridgehead atoms. The SMILES string of the molecule is COCC(C)Sc1ccc(N)cc1. The van der Waals surface area contributed by atoms with Crippen LogP contribution in [0.1, 0.15) is 6.92 Å². The molecule has 72 valence electrons. The zero-order chi connectivity index (χ0) is 9.68. The van der Waals surface area contributed by atoms with Crippen molar-refractivity contribution in [2.75, 3.05) is 19.5 Å². The Bertz CT molecular complexity index is 248. The number of nitrogen functional groups attached to an aromatic ring is 1. The lowest BCUT2D eigenvalue weighted by molar-refractivity contribution is 0.203. The molecule has 1 aromatic carbocycles. The van der Waals surface area contributed by atoms with Crippen LogP contribution < -0.4 is 5.73 Å². The van der Waals surface area contributed by atoms with Crippen LogP contribution in [0.5, 0.6) is 0 Å². The molecule has 0 amide bonds. The number of methoxy groups -OCH3 is 1. The van der Waals surface area contributed by atoms with Gasteiger partial charge in [-0.1, -0.05) is 6.92 Å². The minimum absolute atomic E-state index is 0.480. The molecular weight excluding hydrogens is 182 g/mol. The Balaban J connectivity index is 2.49. The molecule has 0 aliphatic heterocycles. The Morgan fingerprint density at radius 2 is 2.00 bits per heavy atom. The predicted molar refractivity (Wildman–Crippen MR) is 58.0 cm³/mol. The van der Waals surface area contributed by atoms with E-state index in [4.69, 9.17) is 10.5 Å². The van der Waals surface area contributed by atoms with Crippen LogP contribution >= 0.6 is 11.8 Å². The predicted octanol–water partition coefficient (Wildman–Crippen LogP) is 2.40. The van der Waals surface area contributed by atoms with E-state index in [1.165, 1.54) is 4.90 Å². The van der Waals surface area contributed by atoms with Gasteiger partial charge in [-0.25, -0.2) is 0 Å². The maximum atomic E-state index is 5.58. The van der Waals surface area contributed by atoms with E-state index in [2.05, 4.69) is 6.92 Å². The Labute approximate surface area is 83.5 Å². The lowest BCUT2D eigenvalue weighted by Gasteiger charge is -2.09. The second-order valence-electron chi connectivity index (χ2n) is 2.95. The molecule has 0 aromatic heterocycles. The number of nitrogens with two attached hydrogens (primary N) is 1. The first kappa shape index (κ1) is 10.4. The van der Waals surface area contributed by atoms with E-state index >= 15 is 0 Å². The molecule has 1 rings (SSSR count). The highest BCUT2D eigenvalue weighted by atomic mass is 32.2. The van der Waals surface area contributed by atoms with E-state index in [-0.39, 0.29) is 0 Å². The van der Waals surface area contributed by atoms with Crippen LogP contribution in [0.25, 0.3) is 0 Å². The standard InChI is InChI=1S/C10H15NOS/c1-8(7-12-2)13-10-5-3-9(11)4-6-10/h3-6,8H,7,11H2,1-2H3. The van der Waals surface area contributed by atoms with Gasteiger partial charge in [-0.3, -0.25) is 0 Å². The van der Waals surface area contributed by atoms with Crippen molar-refractivity contribution in [2.24, 2.45) is 0 Å². The van der Waals surface area contributed by atoms with Gasteiger partial charge in [0.15, 0.2) is 0 Å². The lowest BCUT2D eigenvalue weighted by atomic mass is 10.3. The first-order valence-electron chi connectivity index (χ1n) is 4.23. The van der Waals surface area contributed by atoms with Crippen molar-refractivity contribution in [3.63, 3.8) is 0 Å². The normalized spacial score (nSPS) is 12.8. The van der Waals surface area contributed by atoms with Gasteiger partial charge in [-0.15, -0.1) is 11.8 Å². The van der Waals surface area contributed by atoms with Gasteiger partial charge < -0.3 is 10.5 Å². The summed E-state index contributed by atoms with van der Waals surface area (Å²) in [6.07, 6.45) is 0. The topological polar surface area (TPSA) is 35.2 Å². The summed E-state index contributed by atoms with van der Waals surface area (Å²) < 4.78 is 5.05. The van der Waals surface area contributed by atoms with E-state index in [1.807, 2.05) is 24.3 Å². The molecular formula is C10H15NOS. The average Bonchev–Trinajstić information content (AvgIpc) is 2.09. The molecule has 0 spiro atoms. The molecule has 2 nitrogen and oxygen atoms in total. The van der Waals surface area contributed by atoms with Crippen molar-refractivity contribution < 1.29 is 4.74 Å². The summed E-state index contributed by atoms with van der Waals surface area (Å²) in [5.41, 5.74) is 6.39. The molecule has 13 heavy (non-hydrogen) atoms. The minimum Gasteiger partial charge on any atom is -0.399 e. The van der Waals surface area contributed by atoms with E-state index in [0.29, 0.717) is 5.25 Å². The highest BCUT2D eigenvalue weighted by Crippen LogP contribution is 2.23. The summed E-state index contributed by atoms with van der Waals surface area (Å²) in [6, 6.07) is 7.90. The quantitative estimate of drug-likeness (QED) is 0.594. The van der Waals surface area contributed by atoms with Crippen LogP contribution in [0.15, 0.2) is 29.2 Å². The summed E-state index contributed by atoms with van der Waals surface area (Å²) in [4.78, 5) is 1.23. The number of anilines is 1. The summed E-state index contributed by atoms with van der Waals surface area (Å²) >= 11 is 1.80. The van der Waals surface area contributed by atoms with Crippen LogP contribution in [0, 0.1) is 0 Å². The molecule has 3 heteroatoms. The van der Waals surface area contributed by atoms with Crippen molar-refractivity contribution >= 4 is 17.4 Å². The molecule has 0 saturated carbocycles. The summed E-state index contributed by atoms with van der Waals surface area (Å²) in [5.74, 6) is 0. The molecule has 0 heterocycles. The number of ether oxygens (including phenoxy) is 1. The molecule has 1 unspecified atom stereocenters. The van der Waals surface area contributed by atoms with Gasteiger partial charge >= 0.3 is 0 Å². The molecule has 0 fully saturated rings. The Morgan fingerprint density at radius 3 is 2.54 bits per heavy atom. The third-order valence-corrected chi connectivity index (χ3v) is 2.70. The molecule has 0 aliphatic carbocycles. The zero-order valence-corrected chi connectivity index (χ0v) is 8.80. The minimum atomic E-state index is 0.480. The second kappa shape index (κ2) is 5.14. The zero-order valence-electron chi connectivity index (χ0n) is 7.99. The van der Waals surface area contributed by atoms with Crippen molar-refractivity contribution in [3.05, 3.63) is 24.3 Å². The van der Waals surface area contributed by atoms with Gasteiger partial charge in [-0.05, 0) is 24.3 Å². The van der Waals surface area contributed by atoms with E-state index in [0.717, 1.165) is 12.3 Å². The Hall–Kier alpha value is -0.670. The molecule has 0 aliphatic rings. The summed E-state index contributed by atoms with van der Waals surface area (Å²) in [6.45, 7) is 2.92. The molecule has 0 radical (unpaired) electrons. The summed E-state index contributed by atoms with van der Waals surface area (Å²) in [7, 11) is 1.72. The number of hydrogen-bond donors (Lipinski definition) is 1. The highest BCUT2D eigenvalue weighted by Gasteiger charge is 2.02. The van der Waals surface area contributed by atoms with Crippen LogP contribution in [0.4, 0.5) is 5.69 Å². The van der Waals surface area contributed by atoms with Crippen molar-refractivity contribution in [2.45, 2.75) is 17.1 Å². The van der Waals surface area contributed by atoms with Gasteiger partial charge in [-0.2, -0.15) is 0 Å². The third kappa shape index (κ3) is 3.70. The maximum absolute atomic E-state index is 5.58. The number of benzene rings is 1. The van der Waals surface area contributed by atoms with Gasteiger partial charge in [0.2, 0.25) is 0 Å². The summed E-state index contributed by atoms with van der Waals surface area (Å²) in [5, 5.41) is 0.480. The molecule has 0 saturated heterocycles. The number of rotatable bonds is 4. The number of hydrogen-bond acceptors (Lipinski definition) is 3. The van der Waals surface area contributed by atoms with Crippen LogP contribution in [-0.4, -0.2) is 19.0 Å². The van der Waals surface area contributed by atoms with E-state index < -0.39 is 0 Å². The second-order valence-corrected chi connectivity index (χ2v) is 4.46. The Kier molecular flexibility index (Phi) is 4.12. The lowest BCUT2D eigenvalue weighted by Crippen LogP contribution is -2.04. The van der Waals surface area contributed by atoms with Gasteiger partial charge in [0, 0.05) is 22.9 Å². The van der Waals surface area contributed by atoms with Gasteiger partial charge in [0.1, 0.15) is 0 Å². The monoisotopic (exact) mass is 197 g/mol. The highest BCUT2D eigenvalue weighted by molar-refractivity contribution is 8.00. The number of thioether (sulfide) groups is 1. The molecule has 1 aromatic rings. The Morgan fingerprint density at radius 1 is 1.38 bits per heavy atom. The molecule has 2 N–H and O–H groups in total. The fourth-order valence-corrected chi connectivity index (χ4v) is 2.01. The van der Waals surface area contributed by atoms with E-state index in [9.17, 15) is 0 Å². The average molecular weight is 197 g/mol. The van der Waals surface area contributed by atoms with Crippen molar-refractivity contribution in [1.29, 1.82) is 0 Å². The van der Waals surface area contributed by atoms with Crippen molar-refractivity contribution in [3.8, 4) is 0 Å². The third-order valence-electron chi connectivity index (χ3n) is 1.62. The van der Waals surface area contributed by atoms with E-state index in [1.54, 1.807) is 18.9 Å². The van der Waals surface area contributed by atoms with Crippen molar-refractivity contribution in [1.82, 2.24) is 0 Å². The first-order chi connectivity index (χ1) is 6.22. The maximum Gasteiger partial charge on any atom is 0.0582 e.